The van der Waals surface area contributed by atoms with Crippen LogP contribution in [-0.4, -0.2) is 13.7 Å². The van der Waals surface area contributed by atoms with Crippen LogP contribution in [-0.2, 0) is 6.42 Å². The SMILES string of the molecule is CCNC(Cc1ccccc1F)c1ccc(OC)c(Cl)c1. The van der Waals surface area contributed by atoms with Crippen LogP contribution in [0.5, 0.6) is 5.75 Å². The second-order valence-electron chi connectivity index (χ2n) is 4.80. The van der Waals surface area contributed by atoms with Gasteiger partial charge in [-0.25, -0.2) is 4.39 Å². The van der Waals surface area contributed by atoms with E-state index in [1.165, 1.54) is 6.07 Å². The van der Waals surface area contributed by atoms with Crippen LogP contribution in [0.3, 0.4) is 0 Å². The number of hydrogen-bond donors (Lipinski definition) is 1. The molecule has 4 heteroatoms. The predicted octanol–water partition coefficient (Wildman–Crippen LogP) is 4.38. The molecule has 1 unspecified atom stereocenters. The van der Waals surface area contributed by atoms with Crippen molar-refractivity contribution in [1.29, 1.82) is 0 Å². The molecule has 2 aromatic rings. The van der Waals surface area contributed by atoms with Crippen molar-refractivity contribution in [2.45, 2.75) is 19.4 Å². The fourth-order valence-electron chi connectivity index (χ4n) is 2.34. The number of nitrogens with one attached hydrogen (secondary N) is 1. The molecule has 21 heavy (non-hydrogen) atoms. The molecule has 112 valence electrons. The molecule has 2 nitrogen and oxygen atoms in total. The van der Waals surface area contributed by atoms with Gasteiger partial charge in [0.25, 0.3) is 0 Å². The van der Waals surface area contributed by atoms with E-state index in [1.54, 1.807) is 13.2 Å². The van der Waals surface area contributed by atoms with E-state index < -0.39 is 0 Å². The van der Waals surface area contributed by atoms with Gasteiger partial charge < -0.3 is 10.1 Å². The summed E-state index contributed by atoms with van der Waals surface area (Å²) >= 11 is 6.18. The van der Waals surface area contributed by atoms with Gasteiger partial charge >= 0.3 is 0 Å². The van der Waals surface area contributed by atoms with E-state index in [-0.39, 0.29) is 11.9 Å². The highest BCUT2D eigenvalue weighted by molar-refractivity contribution is 6.32. The molecule has 1 atom stereocenters. The molecule has 0 spiro atoms. The lowest BCUT2D eigenvalue weighted by atomic mass is 9.98. The Labute approximate surface area is 129 Å². The fraction of sp³-hybridized carbons (Fsp3) is 0.294. The number of benzene rings is 2. The summed E-state index contributed by atoms with van der Waals surface area (Å²) in [6, 6.07) is 12.5. The summed E-state index contributed by atoms with van der Waals surface area (Å²) < 4.78 is 19.0. The number of likely N-dealkylation sites (N-methyl/N-ethyl adjacent to an activating group) is 1. The van der Waals surface area contributed by atoms with Gasteiger partial charge in [0.15, 0.2) is 0 Å². The molecule has 0 saturated heterocycles. The van der Waals surface area contributed by atoms with Gasteiger partial charge in [-0.1, -0.05) is 42.8 Å². The van der Waals surface area contributed by atoms with Crippen LogP contribution < -0.4 is 10.1 Å². The van der Waals surface area contributed by atoms with E-state index in [9.17, 15) is 4.39 Å². The van der Waals surface area contributed by atoms with Gasteiger partial charge in [0.1, 0.15) is 11.6 Å². The van der Waals surface area contributed by atoms with Crippen molar-refractivity contribution in [3.8, 4) is 5.75 Å². The zero-order valence-corrected chi connectivity index (χ0v) is 13.0. The lowest BCUT2D eigenvalue weighted by Crippen LogP contribution is -2.23. The normalized spacial score (nSPS) is 12.2. The van der Waals surface area contributed by atoms with E-state index in [2.05, 4.69) is 5.32 Å². The highest BCUT2D eigenvalue weighted by Gasteiger charge is 2.15. The third kappa shape index (κ3) is 3.96. The monoisotopic (exact) mass is 307 g/mol. The number of methoxy groups -OCH3 is 1. The maximum atomic E-state index is 13.8. The molecular formula is C17H19ClFNO. The maximum absolute atomic E-state index is 13.8. The lowest BCUT2D eigenvalue weighted by Gasteiger charge is -2.19. The quantitative estimate of drug-likeness (QED) is 0.855. The minimum atomic E-state index is -0.181. The van der Waals surface area contributed by atoms with Crippen LogP contribution in [0, 0.1) is 5.82 Å². The van der Waals surface area contributed by atoms with E-state index in [1.807, 2.05) is 37.3 Å². The highest BCUT2D eigenvalue weighted by atomic mass is 35.5. The first-order chi connectivity index (χ1) is 10.2. The smallest absolute Gasteiger partial charge is 0.137 e. The standard InChI is InChI=1S/C17H19ClFNO/c1-3-20-16(11-12-6-4-5-7-15(12)19)13-8-9-17(21-2)14(18)10-13/h4-10,16,20H,3,11H2,1-2H3. The summed E-state index contributed by atoms with van der Waals surface area (Å²) in [4.78, 5) is 0. The Morgan fingerprint density at radius 3 is 2.62 bits per heavy atom. The molecule has 0 amide bonds. The van der Waals surface area contributed by atoms with Crippen molar-refractivity contribution in [3.05, 3.63) is 64.4 Å². The van der Waals surface area contributed by atoms with Crippen molar-refractivity contribution in [2.24, 2.45) is 0 Å². The summed E-state index contributed by atoms with van der Waals surface area (Å²) in [6.07, 6.45) is 0.573. The minimum Gasteiger partial charge on any atom is -0.495 e. The molecule has 0 fully saturated rings. The fourth-order valence-corrected chi connectivity index (χ4v) is 2.60. The summed E-state index contributed by atoms with van der Waals surface area (Å²) in [6.45, 7) is 2.82. The summed E-state index contributed by atoms with van der Waals surface area (Å²) in [7, 11) is 1.59. The summed E-state index contributed by atoms with van der Waals surface area (Å²) in [5, 5.41) is 3.93. The third-order valence-corrected chi connectivity index (χ3v) is 3.71. The van der Waals surface area contributed by atoms with Crippen LogP contribution in [0.2, 0.25) is 5.02 Å². The average Bonchev–Trinajstić information content (AvgIpc) is 2.49. The van der Waals surface area contributed by atoms with Gasteiger partial charge in [0.2, 0.25) is 0 Å². The molecule has 0 heterocycles. The zero-order chi connectivity index (χ0) is 15.2. The molecule has 0 aliphatic rings. The summed E-state index contributed by atoms with van der Waals surface area (Å²) in [5.41, 5.74) is 1.71. The molecule has 2 rings (SSSR count). The van der Waals surface area contributed by atoms with E-state index in [4.69, 9.17) is 16.3 Å². The van der Waals surface area contributed by atoms with Crippen molar-refractivity contribution in [2.75, 3.05) is 13.7 Å². The highest BCUT2D eigenvalue weighted by Crippen LogP contribution is 2.29. The van der Waals surface area contributed by atoms with Gasteiger partial charge in [-0.2, -0.15) is 0 Å². The molecule has 0 bridgehead atoms. The van der Waals surface area contributed by atoms with Crippen LogP contribution in [0.25, 0.3) is 0 Å². The third-order valence-electron chi connectivity index (χ3n) is 3.41. The Balaban J connectivity index is 2.26. The largest absolute Gasteiger partial charge is 0.495 e. The average molecular weight is 308 g/mol. The van der Waals surface area contributed by atoms with Crippen LogP contribution in [0.1, 0.15) is 24.1 Å². The van der Waals surface area contributed by atoms with Gasteiger partial charge in [-0.15, -0.1) is 0 Å². The Kier molecular flexibility index (Phi) is 5.59. The second kappa shape index (κ2) is 7.43. The van der Waals surface area contributed by atoms with Crippen LogP contribution in [0.15, 0.2) is 42.5 Å². The molecule has 0 saturated carbocycles. The molecule has 0 aromatic heterocycles. The second-order valence-corrected chi connectivity index (χ2v) is 5.21. The Morgan fingerprint density at radius 1 is 1.24 bits per heavy atom. The molecule has 0 aliphatic carbocycles. The molecule has 0 radical (unpaired) electrons. The van der Waals surface area contributed by atoms with Crippen molar-refractivity contribution < 1.29 is 9.13 Å². The zero-order valence-electron chi connectivity index (χ0n) is 12.2. The van der Waals surface area contributed by atoms with Crippen LogP contribution >= 0.6 is 11.6 Å². The van der Waals surface area contributed by atoms with E-state index in [0.717, 1.165) is 12.1 Å². The molecule has 2 aromatic carbocycles. The molecule has 1 N–H and O–H groups in total. The van der Waals surface area contributed by atoms with Crippen LogP contribution in [0.4, 0.5) is 4.39 Å². The van der Waals surface area contributed by atoms with Gasteiger partial charge in [-0.3, -0.25) is 0 Å². The number of halogens is 2. The summed E-state index contributed by atoms with van der Waals surface area (Å²) in [5.74, 6) is 0.460. The van der Waals surface area contributed by atoms with Gasteiger partial charge in [0, 0.05) is 6.04 Å². The van der Waals surface area contributed by atoms with Crippen molar-refractivity contribution in [1.82, 2.24) is 5.32 Å². The van der Waals surface area contributed by atoms with Crippen molar-refractivity contribution in [3.63, 3.8) is 0 Å². The first kappa shape index (κ1) is 15.8. The Morgan fingerprint density at radius 2 is 2.00 bits per heavy atom. The molecular weight excluding hydrogens is 289 g/mol. The van der Waals surface area contributed by atoms with Gasteiger partial charge in [-0.05, 0) is 42.3 Å². The van der Waals surface area contributed by atoms with E-state index >= 15 is 0 Å². The minimum absolute atomic E-state index is 0.00954. The maximum Gasteiger partial charge on any atom is 0.137 e. The number of ether oxygens (including phenoxy) is 1. The Bertz CT molecular complexity index is 603. The topological polar surface area (TPSA) is 21.3 Å². The predicted molar refractivity (Wildman–Crippen MR) is 84.5 cm³/mol. The Hall–Kier alpha value is -1.58. The van der Waals surface area contributed by atoms with Gasteiger partial charge in [0.05, 0.1) is 12.1 Å². The lowest BCUT2D eigenvalue weighted by molar-refractivity contribution is 0.414. The first-order valence-electron chi connectivity index (χ1n) is 6.96. The molecule has 0 aliphatic heterocycles. The number of rotatable bonds is 6. The first-order valence-corrected chi connectivity index (χ1v) is 7.33. The number of hydrogen-bond acceptors (Lipinski definition) is 2. The van der Waals surface area contributed by atoms with E-state index in [0.29, 0.717) is 22.8 Å². The van der Waals surface area contributed by atoms with Crippen molar-refractivity contribution >= 4 is 11.6 Å².